The molecule has 0 aliphatic heterocycles. The molecule has 0 saturated heterocycles. The topological polar surface area (TPSA) is 104 Å². The van der Waals surface area contributed by atoms with E-state index in [1.807, 2.05) is 6.07 Å². The average Bonchev–Trinajstić information content (AvgIpc) is 2.92. The highest BCUT2D eigenvalue weighted by atomic mass is 32.2. The summed E-state index contributed by atoms with van der Waals surface area (Å²) < 4.78 is 34.9. The fraction of sp³-hybridized carbons (Fsp3) is 0.167. The zero-order chi connectivity index (χ0) is 14.9. The molecule has 0 aromatic carbocycles. The third-order valence-electron chi connectivity index (χ3n) is 2.94. The van der Waals surface area contributed by atoms with Gasteiger partial charge in [0.25, 0.3) is 0 Å². The van der Waals surface area contributed by atoms with Crippen LogP contribution in [-0.2, 0) is 16.7 Å². The van der Waals surface area contributed by atoms with E-state index in [9.17, 15) is 13.0 Å². The molecule has 0 spiro atoms. The SMILES string of the molecule is O=S(=O)([O-])CC[n+]1ccc(-c2ccc3ncnn3n2)cc1. The lowest BCUT2D eigenvalue weighted by atomic mass is 10.2. The Morgan fingerprint density at radius 3 is 2.67 bits per heavy atom. The van der Waals surface area contributed by atoms with Crippen LogP contribution in [0.5, 0.6) is 0 Å². The van der Waals surface area contributed by atoms with Gasteiger partial charge in [0.05, 0.1) is 11.4 Å². The maximum atomic E-state index is 10.6. The van der Waals surface area contributed by atoms with E-state index in [1.54, 1.807) is 35.2 Å². The van der Waals surface area contributed by atoms with Crippen molar-refractivity contribution in [3.63, 3.8) is 0 Å². The molecule has 3 aromatic heterocycles. The van der Waals surface area contributed by atoms with E-state index in [2.05, 4.69) is 15.2 Å². The second-order valence-corrected chi connectivity index (χ2v) is 5.94. The Bertz CT molecular complexity index is 873. The zero-order valence-corrected chi connectivity index (χ0v) is 11.6. The third-order valence-corrected chi connectivity index (χ3v) is 3.62. The largest absolute Gasteiger partial charge is 0.748 e. The van der Waals surface area contributed by atoms with Crippen LogP contribution in [0.2, 0.25) is 0 Å². The number of rotatable bonds is 4. The van der Waals surface area contributed by atoms with Crippen LogP contribution in [0.1, 0.15) is 0 Å². The van der Waals surface area contributed by atoms with Gasteiger partial charge in [-0.25, -0.2) is 18.0 Å². The van der Waals surface area contributed by atoms with Crippen LogP contribution in [0.25, 0.3) is 16.9 Å². The first-order valence-corrected chi connectivity index (χ1v) is 7.69. The Hall–Kier alpha value is -2.39. The van der Waals surface area contributed by atoms with Crippen molar-refractivity contribution >= 4 is 15.8 Å². The second-order valence-electron chi connectivity index (χ2n) is 4.41. The predicted octanol–water partition coefficient (Wildman–Crippen LogP) is -0.376. The molecule has 0 aliphatic rings. The monoisotopic (exact) mass is 305 g/mol. The Morgan fingerprint density at radius 2 is 1.95 bits per heavy atom. The van der Waals surface area contributed by atoms with Crippen molar-refractivity contribution < 1.29 is 17.5 Å². The van der Waals surface area contributed by atoms with Crippen LogP contribution in [0.4, 0.5) is 0 Å². The van der Waals surface area contributed by atoms with Gasteiger partial charge in [-0.05, 0) is 12.1 Å². The molecule has 0 radical (unpaired) electrons. The normalized spacial score (nSPS) is 11.9. The predicted molar refractivity (Wildman–Crippen MR) is 71.0 cm³/mol. The molecule has 0 saturated carbocycles. The molecule has 3 rings (SSSR count). The van der Waals surface area contributed by atoms with E-state index in [-0.39, 0.29) is 6.54 Å². The minimum Gasteiger partial charge on any atom is -0.748 e. The van der Waals surface area contributed by atoms with Crippen LogP contribution in [0, 0.1) is 0 Å². The molecule has 0 aliphatic carbocycles. The standard InChI is InChI=1S/C12H11N5O3S/c18-21(19,20)8-7-16-5-3-10(4-6-16)11-1-2-12-13-9-14-17(12)15-11/h1-6,9H,7-8H2. The molecule has 3 heterocycles. The van der Waals surface area contributed by atoms with Crippen molar-refractivity contribution in [3.05, 3.63) is 43.0 Å². The zero-order valence-electron chi connectivity index (χ0n) is 10.8. The quantitative estimate of drug-likeness (QED) is 0.481. The number of fused-ring (bicyclic) bond motifs is 1. The fourth-order valence-corrected chi connectivity index (χ4v) is 2.30. The Labute approximate surface area is 120 Å². The number of aromatic nitrogens is 5. The lowest BCUT2D eigenvalue weighted by molar-refractivity contribution is -0.692. The number of nitrogens with zero attached hydrogens (tertiary/aromatic N) is 5. The number of hydrogen-bond donors (Lipinski definition) is 0. The van der Waals surface area contributed by atoms with E-state index < -0.39 is 15.9 Å². The van der Waals surface area contributed by atoms with Gasteiger partial charge in [0.1, 0.15) is 16.4 Å². The minimum atomic E-state index is -4.20. The van der Waals surface area contributed by atoms with Gasteiger partial charge in [-0.15, -0.1) is 14.8 Å². The molecule has 108 valence electrons. The molecule has 0 atom stereocenters. The van der Waals surface area contributed by atoms with Crippen LogP contribution >= 0.6 is 0 Å². The van der Waals surface area contributed by atoms with Crippen LogP contribution in [0.3, 0.4) is 0 Å². The van der Waals surface area contributed by atoms with Gasteiger partial charge in [-0.1, -0.05) is 0 Å². The fourth-order valence-electron chi connectivity index (χ4n) is 1.87. The van der Waals surface area contributed by atoms with E-state index in [1.165, 1.54) is 11.0 Å². The lowest BCUT2D eigenvalue weighted by Crippen LogP contribution is -2.36. The summed E-state index contributed by atoms with van der Waals surface area (Å²) in [6.45, 7) is 0.127. The van der Waals surface area contributed by atoms with Gasteiger partial charge < -0.3 is 4.55 Å². The highest BCUT2D eigenvalue weighted by molar-refractivity contribution is 7.85. The maximum absolute atomic E-state index is 10.6. The lowest BCUT2D eigenvalue weighted by Gasteiger charge is -2.04. The van der Waals surface area contributed by atoms with Crippen molar-refractivity contribution in [1.29, 1.82) is 0 Å². The van der Waals surface area contributed by atoms with Gasteiger partial charge >= 0.3 is 0 Å². The summed E-state index contributed by atoms with van der Waals surface area (Å²) in [4.78, 5) is 4.01. The molecule has 0 fully saturated rings. The van der Waals surface area contributed by atoms with Gasteiger partial charge in [0.2, 0.25) is 0 Å². The first kappa shape index (κ1) is 13.6. The summed E-state index contributed by atoms with van der Waals surface area (Å²) in [6.07, 6.45) is 4.83. The van der Waals surface area contributed by atoms with Crippen molar-refractivity contribution in [2.45, 2.75) is 6.54 Å². The summed E-state index contributed by atoms with van der Waals surface area (Å²) in [5, 5.41) is 8.28. The molecule has 0 amide bonds. The third kappa shape index (κ3) is 3.20. The first-order valence-electron chi connectivity index (χ1n) is 6.11. The van der Waals surface area contributed by atoms with E-state index in [0.29, 0.717) is 5.65 Å². The summed E-state index contributed by atoms with van der Waals surface area (Å²) in [5.41, 5.74) is 2.23. The highest BCUT2D eigenvalue weighted by Gasteiger charge is 2.07. The Balaban J connectivity index is 1.83. The van der Waals surface area contributed by atoms with E-state index in [0.717, 1.165) is 11.3 Å². The summed E-state index contributed by atoms with van der Waals surface area (Å²) in [7, 11) is -4.20. The van der Waals surface area contributed by atoms with Gasteiger partial charge in [-0.2, -0.15) is 0 Å². The molecule has 21 heavy (non-hydrogen) atoms. The number of hydrogen-bond acceptors (Lipinski definition) is 6. The highest BCUT2D eigenvalue weighted by Crippen LogP contribution is 2.14. The number of pyridine rings is 1. The molecule has 9 heteroatoms. The Morgan fingerprint density at radius 1 is 1.19 bits per heavy atom. The smallest absolute Gasteiger partial charge is 0.176 e. The van der Waals surface area contributed by atoms with E-state index >= 15 is 0 Å². The van der Waals surface area contributed by atoms with Gasteiger partial charge in [0, 0.05) is 17.7 Å². The first-order chi connectivity index (χ1) is 10.0. The van der Waals surface area contributed by atoms with Crippen molar-refractivity contribution in [2.24, 2.45) is 0 Å². The maximum Gasteiger partial charge on any atom is 0.176 e. The molecule has 3 aromatic rings. The van der Waals surface area contributed by atoms with Crippen molar-refractivity contribution in [3.8, 4) is 11.3 Å². The average molecular weight is 305 g/mol. The molecule has 8 nitrogen and oxygen atoms in total. The van der Waals surface area contributed by atoms with Crippen molar-refractivity contribution in [1.82, 2.24) is 19.8 Å². The molecule has 0 unspecified atom stereocenters. The Kier molecular flexibility index (Phi) is 3.35. The molecular weight excluding hydrogens is 294 g/mol. The summed E-state index contributed by atoms with van der Waals surface area (Å²) >= 11 is 0. The van der Waals surface area contributed by atoms with Crippen LogP contribution < -0.4 is 4.57 Å². The molecule has 0 N–H and O–H groups in total. The van der Waals surface area contributed by atoms with Crippen LogP contribution in [-0.4, -0.2) is 38.5 Å². The summed E-state index contributed by atoms with van der Waals surface area (Å²) in [5.74, 6) is -0.430. The minimum absolute atomic E-state index is 0.127. The van der Waals surface area contributed by atoms with Gasteiger partial charge in [0.15, 0.2) is 24.6 Å². The summed E-state index contributed by atoms with van der Waals surface area (Å²) in [6, 6.07) is 7.22. The van der Waals surface area contributed by atoms with E-state index in [4.69, 9.17) is 0 Å². The number of aryl methyl sites for hydroxylation is 1. The van der Waals surface area contributed by atoms with Crippen molar-refractivity contribution in [2.75, 3.05) is 5.75 Å². The van der Waals surface area contributed by atoms with Crippen LogP contribution in [0.15, 0.2) is 43.0 Å². The molecule has 0 bridgehead atoms. The van der Waals surface area contributed by atoms with Gasteiger partial charge in [-0.3, -0.25) is 0 Å². The second kappa shape index (κ2) is 5.19. The molecular formula is C12H11N5O3S.